The van der Waals surface area contributed by atoms with Crippen LogP contribution in [0, 0.1) is 13.8 Å². The van der Waals surface area contributed by atoms with Crippen molar-refractivity contribution in [3.05, 3.63) is 52.3 Å². The number of hydrogen-bond acceptors (Lipinski definition) is 3. The van der Waals surface area contributed by atoms with Gasteiger partial charge in [-0.15, -0.1) is 0 Å². The van der Waals surface area contributed by atoms with Gasteiger partial charge in [0.2, 0.25) is 0 Å². The summed E-state index contributed by atoms with van der Waals surface area (Å²) in [4.78, 5) is 16.5. The fourth-order valence-corrected chi connectivity index (χ4v) is 2.44. The van der Waals surface area contributed by atoms with E-state index >= 15 is 0 Å². The molecule has 6 heteroatoms. The van der Waals surface area contributed by atoms with Crippen LogP contribution in [0.4, 0.5) is 5.69 Å². The number of carbonyl (C=O) groups is 1. The van der Waals surface area contributed by atoms with Gasteiger partial charge in [-0.3, -0.25) is 9.89 Å². The van der Waals surface area contributed by atoms with Crippen LogP contribution < -0.4 is 5.32 Å². The standard InChI is InChI=1S/C15H13ClN4O/c1-8-3-5-10(6-4-8)18-15(21)11-7-17-14-12(13(11)16)9(2)19-20-14/h3-7H,1-2H3,(H,18,21)(H,17,19,20). The average molecular weight is 301 g/mol. The SMILES string of the molecule is Cc1ccc(NC(=O)c2cnc3n[nH]c(C)c3c2Cl)cc1. The van der Waals surface area contributed by atoms with E-state index in [1.165, 1.54) is 6.20 Å². The normalized spacial score (nSPS) is 10.8. The Hall–Kier alpha value is -2.40. The number of anilines is 1. The molecule has 0 unspecified atom stereocenters. The first-order chi connectivity index (χ1) is 10.1. The predicted molar refractivity (Wildman–Crippen MR) is 82.8 cm³/mol. The quantitative estimate of drug-likeness (QED) is 0.761. The lowest BCUT2D eigenvalue weighted by Gasteiger charge is -2.07. The number of aromatic nitrogens is 3. The monoisotopic (exact) mass is 300 g/mol. The maximum Gasteiger partial charge on any atom is 0.258 e. The highest BCUT2D eigenvalue weighted by atomic mass is 35.5. The van der Waals surface area contributed by atoms with Crippen LogP contribution in [-0.4, -0.2) is 21.1 Å². The molecule has 3 aromatic rings. The third-order valence-electron chi connectivity index (χ3n) is 3.25. The maximum atomic E-state index is 12.3. The lowest BCUT2D eigenvalue weighted by molar-refractivity contribution is 0.102. The fourth-order valence-electron chi connectivity index (χ4n) is 2.08. The molecule has 0 aliphatic heterocycles. The van der Waals surface area contributed by atoms with Gasteiger partial charge in [0.1, 0.15) is 0 Å². The van der Waals surface area contributed by atoms with Crippen LogP contribution in [0.1, 0.15) is 21.6 Å². The summed E-state index contributed by atoms with van der Waals surface area (Å²) in [5.41, 5.74) is 3.46. The van der Waals surface area contributed by atoms with E-state index in [4.69, 9.17) is 11.6 Å². The van der Waals surface area contributed by atoms with Crippen LogP contribution in [-0.2, 0) is 0 Å². The van der Waals surface area contributed by atoms with Gasteiger partial charge in [0.15, 0.2) is 5.65 Å². The number of nitrogens with one attached hydrogen (secondary N) is 2. The third-order valence-corrected chi connectivity index (χ3v) is 3.65. The number of rotatable bonds is 2. The largest absolute Gasteiger partial charge is 0.322 e. The highest BCUT2D eigenvalue weighted by molar-refractivity contribution is 6.39. The summed E-state index contributed by atoms with van der Waals surface area (Å²) in [6.07, 6.45) is 1.44. The van der Waals surface area contributed by atoms with E-state index in [2.05, 4.69) is 20.5 Å². The van der Waals surface area contributed by atoms with Crippen molar-refractivity contribution >= 4 is 34.2 Å². The Morgan fingerprint density at radius 3 is 2.67 bits per heavy atom. The van der Waals surface area contributed by atoms with Gasteiger partial charge in [-0.05, 0) is 26.0 Å². The van der Waals surface area contributed by atoms with Gasteiger partial charge in [0.25, 0.3) is 5.91 Å². The zero-order valence-electron chi connectivity index (χ0n) is 11.6. The summed E-state index contributed by atoms with van der Waals surface area (Å²) in [5, 5.41) is 10.7. The molecule has 0 spiro atoms. The minimum atomic E-state index is -0.293. The van der Waals surface area contributed by atoms with Gasteiger partial charge in [-0.25, -0.2) is 4.98 Å². The minimum Gasteiger partial charge on any atom is -0.322 e. The molecule has 2 N–H and O–H groups in total. The highest BCUT2D eigenvalue weighted by Gasteiger charge is 2.17. The molecule has 0 aliphatic carbocycles. The Morgan fingerprint density at radius 1 is 1.24 bits per heavy atom. The van der Waals surface area contributed by atoms with Crippen molar-refractivity contribution in [2.24, 2.45) is 0 Å². The lowest BCUT2D eigenvalue weighted by atomic mass is 10.2. The first-order valence-corrected chi connectivity index (χ1v) is 6.81. The molecule has 0 radical (unpaired) electrons. The number of fused-ring (bicyclic) bond motifs is 1. The van der Waals surface area contributed by atoms with Gasteiger partial charge < -0.3 is 5.32 Å². The topological polar surface area (TPSA) is 70.7 Å². The van der Waals surface area contributed by atoms with Crippen LogP contribution in [0.25, 0.3) is 11.0 Å². The summed E-state index contributed by atoms with van der Waals surface area (Å²) in [5.74, 6) is -0.293. The van der Waals surface area contributed by atoms with Crippen LogP contribution in [0.3, 0.4) is 0 Å². The molecule has 1 amide bonds. The molecular weight excluding hydrogens is 288 g/mol. The van der Waals surface area contributed by atoms with Gasteiger partial charge >= 0.3 is 0 Å². The molecule has 0 aliphatic rings. The smallest absolute Gasteiger partial charge is 0.258 e. The number of aryl methyl sites for hydroxylation is 2. The summed E-state index contributed by atoms with van der Waals surface area (Å²) in [6, 6.07) is 7.55. The Kier molecular flexibility index (Phi) is 3.35. The van der Waals surface area contributed by atoms with Gasteiger partial charge in [0, 0.05) is 17.6 Å². The van der Waals surface area contributed by atoms with E-state index in [0.717, 1.165) is 11.3 Å². The zero-order chi connectivity index (χ0) is 15.0. The Bertz CT molecular complexity index is 824. The fraction of sp³-hybridized carbons (Fsp3) is 0.133. The summed E-state index contributed by atoms with van der Waals surface area (Å²) < 4.78 is 0. The molecule has 2 aromatic heterocycles. The van der Waals surface area contributed by atoms with Crippen LogP contribution in [0.15, 0.2) is 30.5 Å². The van der Waals surface area contributed by atoms with Crippen molar-refractivity contribution < 1.29 is 4.79 Å². The lowest BCUT2D eigenvalue weighted by Crippen LogP contribution is -2.13. The number of carbonyl (C=O) groups excluding carboxylic acids is 1. The van der Waals surface area contributed by atoms with Crippen LogP contribution in [0.5, 0.6) is 0 Å². The first kappa shape index (κ1) is 13.6. The molecule has 21 heavy (non-hydrogen) atoms. The first-order valence-electron chi connectivity index (χ1n) is 6.43. The molecule has 1 aromatic carbocycles. The number of nitrogens with zero attached hydrogens (tertiary/aromatic N) is 2. The number of benzene rings is 1. The summed E-state index contributed by atoms with van der Waals surface area (Å²) >= 11 is 6.31. The molecule has 3 rings (SSSR count). The molecule has 0 bridgehead atoms. The van der Waals surface area contributed by atoms with Crippen LogP contribution in [0.2, 0.25) is 5.02 Å². The van der Waals surface area contributed by atoms with Crippen molar-refractivity contribution in [3.63, 3.8) is 0 Å². The second-order valence-electron chi connectivity index (χ2n) is 4.85. The minimum absolute atomic E-state index is 0.293. The van der Waals surface area contributed by atoms with Gasteiger partial charge in [-0.1, -0.05) is 29.3 Å². The molecule has 106 valence electrons. The van der Waals surface area contributed by atoms with Crippen molar-refractivity contribution in [2.75, 3.05) is 5.32 Å². The Balaban J connectivity index is 1.96. The van der Waals surface area contributed by atoms with Crippen LogP contribution >= 0.6 is 11.6 Å². The molecule has 2 heterocycles. The van der Waals surface area contributed by atoms with Gasteiger partial charge in [-0.2, -0.15) is 5.10 Å². The van der Waals surface area contributed by atoms with Crippen molar-refractivity contribution in [3.8, 4) is 0 Å². The van der Waals surface area contributed by atoms with E-state index < -0.39 is 0 Å². The molecule has 5 nitrogen and oxygen atoms in total. The van der Waals surface area contributed by atoms with E-state index in [1.54, 1.807) is 0 Å². The number of aromatic amines is 1. The van der Waals surface area contributed by atoms with E-state index in [9.17, 15) is 4.79 Å². The number of halogens is 1. The Morgan fingerprint density at radius 2 is 1.95 bits per heavy atom. The third kappa shape index (κ3) is 2.48. The molecule has 0 saturated carbocycles. The van der Waals surface area contributed by atoms with E-state index in [-0.39, 0.29) is 5.91 Å². The number of hydrogen-bond donors (Lipinski definition) is 2. The summed E-state index contributed by atoms with van der Waals surface area (Å²) in [6.45, 7) is 3.83. The molecule has 0 atom stereocenters. The van der Waals surface area contributed by atoms with Crippen molar-refractivity contribution in [1.29, 1.82) is 0 Å². The summed E-state index contributed by atoms with van der Waals surface area (Å²) in [7, 11) is 0. The number of pyridine rings is 1. The zero-order valence-corrected chi connectivity index (χ0v) is 12.3. The second kappa shape index (κ2) is 5.18. The molecule has 0 fully saturated rings. The Labute approximate surface area is 126 Å². The van der Waals surface area contributed by atoms with E-state index in [1.807, 2.05) is 38.1 Å². The molecular formula is C15H13ClN4O. The highest BCUT2D eigenvalue weighted by Crippen LogP contribution is 2.27. The molecule has 0 saturated heterocycles. The van der Waals surface area contributed by atoms with E-state index in [0.29, 0.717) is 27.3 Å². The predicted octanol–water partition coefficient (Wildman–Crippen LogP) is 3.48. The van der Waals surface area contributed by atoms with Gasteiger partial charge in [0.05, 0.1) is 16.0 Å². The second-order valence-corrected chi connectivity index (χ2v) is 5.23. The number of H-pyrrole nitrogens is 1. The van der Waals surface area contributed by atoms with Crippen molar-refractivity contribution in [1.82, 2.24) is 15.2 Å². The maximum absolute atomic E-state index is 12.3. The average Bonchev–Trinajstić information content (AvgIpc) is 2.84. The number of amides is 1. The van der Waals surface area contributed by atoms with Crippen molar-refractivity contribution in [2.45, 2.75) is 13.8 Å².